The molecule has 1 aliphatic rings. The molecule has 0 aliphatic carbocycles. The molecule has 62 valence electrons. The second kappa shape index (κ2) is 3.15. The van der Waals surface area contributed by atoms with E-state index in [2.05, 4.69) is 16.4 Å². The Bertz CT molecular complexity index is 320. The zero-order valence-corrected chi connectivity index (χ0v) is 7.30. The van der Waals surface area contributed by atoms with Crippen molar-refractivity contribution in [3.63, 3.8) is 0 Å². The number of rotatable bonds is 1. The minimum Gasteiger partial charge on any atom is -0.383 e. The lowest BCUT2D eigenvalue weighted by molar-refractivity contribution is 0.923. The summed E-state index contributed by atoms with van der Waals surface area (Å²) in [6.45, 7) is 1.00. The molecule has 0 atom stereocenters. The highest BCUT2D eigenvalue weighted by atomic mass is 35.5. The minimum absolute atomic E-state index is 0.731. The second-order valence-corrected chi connectivity index (χ2v) is 3.13. The lowest BCUT2D eigenvalue weighted by Gasteiger charge is -2.02. The number of nitrogens with one attached hydrogen (secondary N) is 1. The maximum atomic E-state index is 5.83. The summed E-state index contributed by atoms with van der Waals surface area (Å²) in [5.74, 6) is 0. The van der Waals surface area contributed by atoms with E-state index < -0.39 is 0 Å². The van der Waals surface area contributed by atoms with Crippen molar-refractivity contribution in [1.82, 2.24) is 10.3 Å². The standard InChI is InChI=1S/C9H9ClN2/c10-7-3-5-12-9(6-7)8-2-1-4-11-8/h2-3,5-6,11H,1,4H2. The molecule has 3 heteroatoms. The second-order valence-electron chi connectivity index (χ2n) is 2.69. The molecule has 0 bridgehead atoms. The van der Waals surface area contributed by atoms with Crippen LogP contribution in [0.15, 0.2) is 24.4 Å². The third-order valence-electron chi connectivity index (χ3n) is 1.81. The fraction of sp³-hybridized carbons (Fsp3) is 0.222. The van der Waals surface area contributed by atoms with Gasteiger partial charge in [0, 0.05) is 17.8 Å². The van der Waals surface area contributed by atoms with Gasteiger partial charge in [-0.3, -0.25) is 4.98 Å². The Morgan fingerprint density at radius 1 is 1.50 bits per heavy atom. The van der Waals surface area contributed by atoms with Gasteiger partial charge in [0.05, 0.1) is 11.4 Å². The van der Waals surface area contributed by atoms with E-state index in [1.165, 1.54) is 0 Å². The lowest BCUT2D eigenvalue weighted by atomic mass is 10.3. The van der Waals surface area contributed by atoms with Crippen LogP contribution in [0.4, 0.5) is 0 Å². The topological polar surface area (TPSA) is 24.9 Å². The van der Waals surface area contributed by atoms with E-state index in [9.17, 15) is 0 Å². The predicted octanol–water partition coefficient (Wildman–Crippen LogP) is 2.07. The molecule has 0 amide bonds. The van der Waals surface area contributed by atoms with Crippen LogP contribution in [0.1, 0.15) is 12.1 Å². The van der Waals surface area contributed by atoms with Crippen LogP contribution in [0.5, 0.6) is 0 Å². The highest BCUT2D eigenvalue weighted by Crippen LogP contribution is 2.16. The first kappa shape index (κ1) is 7.62. The molecular formula is C9H9ClN2. The van der Waals surface area contributed by atoms with Gasteiger partial charge in [-0.2, -0.15) is 0 Å². The van der Waals surface area contributed by atoms with Crippen molar-refractivity contribution >= 4 is 17.3 Å². The summed E-state index contributed by atoms with van der Waals surface area (Å²) in [6.07, 6.45) is 4.93. The van der Waals surface area contributed by atoms with Gasteiger partial charge in [0.1, 0.15) is 0 Å². The van der Waals surface area contributed by atoms with Crippen molar-refractivity contribution in [2.45, 2.75) is 6.42 Å². The average molecular weight is 181 g/mol. The van der Waals surface area contributed by atoms with Gasteiger partial charge < -0.3 is 5.32 Å². The molecule has 0 radical (unpaired) electrons. The minimum atomic E-state index is 0.731. The molecule has 1 aromatic rings. The maximum Gasteiger partial charge on any atom is 0.0872 e. The molecule has 2 rings (SSSR count). The van der Waals surface area contributed by atoms with E-state index in [0.29, 0.717) is 0 Å². The monoisotopic (exact) mass is 180 g/mol. The van der Waals surface area contributed by atoms with Gasteiger partial charge in [-0.1, -0.05) is 17.7 Å². The number of nitrogens with zero attached hydrogens (tertiary/aromatic N) is 1. The Hall–Kier alpha value is -1.02. The molecule has 0 unspecified atom stereocenters. The Kier molecular flexibility index (Phi) is 2.00. The van der Waals surface area contributed by atoms with Crippen LogP contribution in [0, 0.1) is 0 Å². The normalized spacial score (nSPS) is 15.6. The third-order valence-corrected chi connectivity index (χ3v) is 2.04. The van der Waals surface area contributed by atoms with Gasteiger partial charge in [-0.25, -0.2) is 0 Å². The first-order chi connectivity index (χ1) is 5.86. The van der Waals surface area contributed by atoms with Crippen molar-refractivity contribution < 1.29 is 0 Å². The summed E-state index contributed by atoms with van der Waals surface area (Å²) in [5.41, 5.74) is 2.03. The number of pyridine rings is 1. The molecule has 2 heterocycles. The van der Waals surface area contributed by atoms with Gasteiger partial charge >= 0.3 is 0 Å². The summed E-state index contributed by atoms with van der Waals surface area (Å²) >= 11 is 5.83. The SMILES string of the molecule is Clc1ccnc(C2=CCCN2)c1. The molecule has 0 saturated heterocycles. The van der Waals surface area contributed by atoms with Crippen LogP contribution in [0.25, 0.3) is 5.70 Å². The number of aromatic nitrogens is 1. The largest absolute Gasteiger partial charge is 0.383 e. The van der Waals surface area contributed by atoms with Gasteiger partial charge in [0.2, 0.25) is 0 Å². The molecule has 1 aliphatic heterocycles. The maximum absolute atomic E-state index is 5.83. The summed E-state index contributed by atoms with van der Waals surface area (Å²) in [4.78, 5) is 4.21. The Morgan fingerprint density at radius 3 is 3.08 bits per heavy atom. The molecule has 2 nitrogen and oxygen atoms in total. The fourth-order valence-corrected chi connectivity index (χ4v) is 1.40. The number of hydrogen-bond donors (Lipinski definition) is 1. The molecule has 1 aromatic heterocycles. The summed E-state index contributed by atoms with van der Waals surface area (Å²) < 4.78 is 0. The highest BCUT2D eigenvalue weighted by Gasteiger charge is 2.06. The first-order valence-electron chi connectivity index (χ1n) is 3.92. The number of hydrogen-bond acceptors (Lipinski definition) is 2. The van der Waals surface area contributed by atoms with Crippen LogP contribution in [-0.2, 0) is 0 Å². The number of halogens is 1. The quantitative estimate of drug-likeness (QED) is 0.716. The van der Waals surface area contributed by atoms with E-state index in [0.717, 1.165) is 29.4 Å². The Labute approximate surface area is 76.3 Å². The van der Waals surface area contributed by atoms with Crippen LogP contribution >= 0.6 is 11.6 Å². The summed E-state index contributed by atoms with van der Waals surface area (Å²) in [5, 5.41) is 3.97. The first-order valence-corrected chi connectivity index (χ1v) is 4.30. The summed E-state index contributed by atoms with van der Waals surface area (Å²) in [6, 6.07) is 3.65. The van der Waals surface area contributed by atoms with E-state index in [1.807, 2.05) is 6.07 Å². The van der Waals surface area contributed by atoms with E-state index in [-0.39, 0.29) is 0 Å². The van der Waals surface area contributed by atoms with Gasteiger partial charge in [0.15, 0.2) is 0 Å². The van der Waals surface area contributed by atoms with Crippen LogP contribution < -0.4 is 5.32 Å². The van der Waals surface area contributed by atoms with Crippen molar-refractivity contribution in [2.24, 2.45) is 0 Å². The summed E-state index contributed by atoms with van der Waals surface area (Å²) in [7, 11) is 0. The highest BCUT2D eigenvalue weighted by molar-refractivity contribution is 6.30. The average Bonchev–Trinajstić information content (AvgIpc) is 2.56. The van der Waals surface area contributed by atoms with Crippen molar-refractivity contribution in [3.05, 3.63) is 35.1 Å². The lowest BCUT2D eigenvalue weighted by Crippen LogP contribution is -2.07. The van der Waals surface area contributed by atoms with Gasteiger partial charge in [-0.15, -0.1) is 0 Å². The zero-order chi connectivity index (χ0) is 8.39. The van der Waals surface area contributed by atoms with E-state index in [1.54, 1.807) is 12.3 Å². The van der Waals surface area contributed by atoms with Crippen molar-refractivity contribution in [2.75, 3.05) is 6.54 Å². The van der Waals surface area contributed by atoms with Crippen molar-refractivity contribution in [3.8, 4) is 0 Å². The van der Waals surface area contributed by atoms with Gasteiger partial charge in [-0.05, 0) is 18.6 Å². The smallest absolute Gasteiger partial charge is 0.0872 e. The molecular weight excluding hydrogens is 172 g/mol. The molecule has 1 N–H and O–H groups in total. The van der Waals surface area contributed by atoms with Crippen LogP contribution in [0.3, 0.4) is 0 Å². The molecule has 0 fully saturated rings. The van der Waals surface area contributed by atoms with Crippen LogP contribution in [-0.4, -0.2) is 11.5 Å². The Morgan fingerprint density at radius 2 is 2.42 bits per heavy atom. The Balaban J connectivity index is 2.33. The van der Waals surface area contributed by atoms with Gasteiger partial charge in [0.25, 0.3) is 0 Å². The molecule has 12 heavy (non-hydrogen) atoms. The van der Waals surface area contributed by atoms with E-state index >= 15 is 0 Å². The predicted molar refractivity (Wildman–Crippen MR) is 49.8 cm³/mol. The van der Waals surface area contributed by atoms with E-state index in [4.69, 9.17) is 11.6 Å². The molecule has 0 aromatic carbocycles. The zero-order valence-electron chi connectivity index (χ0n) is 6.55. The van der Waals surface area contributed by atoms with Crippen molar-refractivity contribution in [1.29, 1.82) is 0 Å². The molecule has 0 saturated carbocycles. The molecule has 0 spiro atoms. The third kappa shape index (κ3) is 1.43. The fourth-order valence-electron chi connectivity index (χ4n) is 1.24. The van der Waals surface area contributed by atoms with Crippen LogP contribution in [0.2, 0.25) is 5.02 Å².